The third-order valence-electron chi connectivity index (χ3n) is 3.18. The van der Waals surface area contributed by atoms with Gasteiger partial charge in [-0.3, -0.25) is 4.79 Å². The molecule has 1 aromatic heterocycles. The third kappa shape index (κ3) is 2.58. The number of amides is 1. The first-order valence-electron chi connectivity index (χ1n) is 6.35. The Hall–Kier alpha value is -2.83. The number of carbonyl (C=O) groups is 2. The van der Waals surface area contributed by atoms with Crippen LogP contribution >= 0.6 is 0 Å². The van der Waals surface area contributed by atoms with Gasteiger partial charge in [0.15, 0.2) is 5.69 Å². The van der Waals surface area contributed by atoms with Crippen LogP contribution in [0.1, 0.15) is 26.6 Å². The van der Waals surface area contributed by atoms with Crippen LogP contribution in [-0.2, 0) is 6.54 Å². The zero-order valence-electron chi connectivity index (χ0n) is 11.0. The van der Waals surface area contributed by atoms with Crippen molar-refractivity contribution in [2.75, 3.05) is 13.2 Å². The second-order valence-electron chi connectivity index (χ2n) is 4.56. The zero-order valence-corrected chi connectivity index (χ0v) is 11.0. The van der Waals surface area contributed by atoms with Crippen molar-refractivity contribution in [1.29, 1.82) is 0 Å². The molecule has 1 aromatic carbocycles. The summed E-state index contributed by atoms with van der Waals surface area (Å²) in [7, 11) is 0. The molecule has 0 saturated carbocycles. The lowest BCUT2D eigenvalue weighted by Gasteiger charge is -2.18. The van der Waals surface area contributed by atoms with E-state index in [0.29, 0.717) is 19.7 Å². The number of benzene rings is 1. The topological polar surface area (TPSA) is 92.9 Å². The number of hydrogen-bond acceptors (Lipinski definition) is 5. The second-order valence-corrected chi connectivity index (χ2v) is 4.56. The largest absolute Gasteiger partial charge is 0.491 e. The second kappa shape index (κ2) is 5.28. The van der Waals surface area contributed by atoms with Crippen LogP contribution in [0.25, 0.3) is 0 Å². The zero-order chi connectivity index (χ0) is 14.8. The first-order chi connectivity index (χ1) is 10.1. The molecule has 7 nitrogen and oxygen atoms in total. The molecule has 2 aromatic rings. The van der Waals surface area contributed by atoms with E-state index in [0.717, 1.165) is 17.4 Å². The van der Waals surface area contributed by atoms with E-state index in [9.17, 15) is 9.59 Å². The van der Waals surface area contributed by atoms with Gasteiger partial charge in [-0.15, -0.1) is 0 Å². The molecule has 108 valence electrons. The van der Waals surface area contributed by atoms with Crippen LogP contribution in [0, 0.1) is 0 Å². The van der Waals surface area contributed by atoms with Crippen LogP contribution in [0.2, 0.25) is 0 Å². The van der Waals surface area contributed by atoms with Gasteiger partial charge in [-0.25, -0.2) is 4.79 Å². The van der Waals surface area contributed by atoms with Crippen molar-refractivity contribution < 1.29 is 24.0 Å². The maximum atomic E-state index is 12.4. The molecule has 3 rings (SSSR count). The van der Waals surface area contributed by atoms with Crippen LogP contribution in [0.15, 0.2) is 34.9 Å². The highest BCUT2D eigenvalue weighted by molar-refractivity contribution is 5.94. The molecule has 21 heavy (non-hydrogen) atoms. The quantitative estimate of drug-likeness (QED) is 0.898. The monoisotopic (exact) mass is 288 g/mol. The fourth-order valence-electron chi connectivity index (χ4n) is 2.14. The molecule has 0 radical (unpaired) electrons. The van der Waals surface area contributed by atoms with Crippen molar-refractivity contribution in [3.8, 4) is 5.75 Å². The molecule has 1 aliphatic rings. The van der Waals surface area contributed by atoms with E-state index in [2.05, 4.69) is 9.68 Å². The van der Waals surface area contributed by atoms with Crippen molar-refractivity contribution in [2.24, 2.45) is 0 Å². The van der Waals surface area contributed by atoms with E-state index in [1.54, 1.807) is 4.90 Å². The molecule has 7 heteroatoms. The maximum Gasteiger partial charge on any atom is 0.374 e. The predicted octanol–water partition coefficient (Wildman–Crippen LogP) is 1.41. The number of para-hydroxylation sites is 1. The van der Waals surface area contributed by atoms with Crippen LogP contribution in [0.4, 0.5) is 0 Å². The third-order valence-corrected chi connectivity index (χ3v) is 3.18. The minimum Gasteiger partial charge on any atom is -0.491 e. The number of hydrogen-bond donors (Lipinski definition) is 1. The van der Waals surface area contributed by atoms with E-state index in [1.165, 1.54) is 0 Å². The number of rotatable bonds is 2. The van der Waals surface area contributed by atoms with E-state index in [1.807, 2.05) is 24.3 Å². The van der Waals surface area contributed by atoms with Crippen molar-refractivity contribution >= 4 is 11.9 Å². The minimum atomic E-state index is -1.26. The van der Waals surface area contributed by atoms with Crippen LogP contribution in [0.5, 0.6) is 5.75 Å². The lowest BCUT2D eigenvalue weighted by atomic mass is 10.2. The lowest BCUT2D eigenvalue weighted by molar-refractivity contribution is 0.0647. The molecule has 1 aliphatic heterocycles. The molecular weight excluding hydrogens is 276 g/mol. The van der Waals surface area contributed by atoms with Gasteiger partial charge < -0.3 is 19.3 Å². The van der Waals surface area contributed by atoms with Gasteiger partial charge in [0.2, 0.25) is 5.76 Å². The van der Waals surface area contributed by atoms with Crippen LogP contribution in [0.3, 0.4) is 0 Å². The summed E-state index contributed by atoms with van der Waals surface area (Å²) in [6.07, 6.45) is 0. The minimum absolute atomic E-state index is 0.0215. The highest BCUT2D eigenvalue weighted by Crippen LogP contribution is 2.23. The summed E-state index contributed by atoms with van der Waals surface area (Å²) in [4.78, 5) is 24.7. The number of aromatic nitrogens is 1. The van der Waals surface area contributed by atoms with Crippen molar-refractivity contribution in [1.82, 2.24) is 10.1 Å². The molecule has 0 aliphatic carbocycles. The van der Waals surface area contributed by atoms with E-state index in [4.69, 9.17) is 9.84 Å². The van der Waals surface area contributed by atoms with E-state index in [-0.39, 0.29) is 17.4 Å². The smallest absolute Gasteiger partial charge is 0.374 e. The number of carboxylic acids is 1. The molecule has 0 saturated heterocycles. The number of carboxylic acid groups (broad SMARTS) is 1. The summed E-state index contributed by atoms with van der Waals surface area (Å²) in [5.41, 5.74) is 0.872. The molecule has 0 spiro atoms. The van der Waals surface area contributed by atoms with Gasteiger partial charge in [-0.05, 0) is 6.07 Å². The number of fused-ring (bicyclic) bond motifs is 1. The standard InChI is InChI=1S/C14H12N2O5/c17-13(10-7-12(14(18)19)21-15-10)16-5-6-20-11-4-2-1-3-9(11)8-16/h1-4,7H,5-6,8H2,(H,18,19). The Balaban J connectivity index is 1.83. The molecule has 1 amide bonds. The Morgan fingerprint density at radius 3 is 2.86 bits per heavy atom. The van der Waals surface area contributed by atoms with Gasteiger partial charge in [-0.1, -0.05) is 23.4 Å². The molecule has 0 bridgehead atoms. The molecule has 0 unspecified atom stereocenters. The Morgan fingerprint density at radius 1 is 1.29 bits per heavy atom. The van der Waals surface area contributed by atoms with Gasteiger partial charge in [0, 0.05) is 18.2 Å². The number of nitrogens with zero attached hydrogens (tertiary/aromatic N) is 2. The summed E-state index contributed by atoms with van der Waals surface area (Å²) in [5.74, 6) is -1.25. The lowest BCUT2D eigenvalue weighted by Crippen LogP contribution is -2.32. The fourth-order valence-corrected chi connectivity index (χ4v) is 2.14. The Kier molecular flexibility index (Phi) is 3.31. The molecule has 1 N–H and O–H groups in total. The highest BCUT2D eigenvalue weighted by Gasteiger charge is 2.24. The average Bonchev–Trinajstić information content (AvgIpc) is 2.87. The Bertz CT molecular complexity index is 694. The van der Waals surface area contributed by atoms with E-state index >= 15 is 0 Å². The first kappa shape index (κ1) is 13.2. The average molecular weight is 288 g/mol. The SMILES string of the molecule is O=C(O)c1cc(C(=O)N2CCOc3ccccc3C2)no1. The first-order valence-corrected chi connectivity index (χ1v) is 6.35. The molecule has 0 fully saturated rings. The summed E-state index contributed by atoms with van der Waals surface area (Å²) in [6.45, 7) is 1.14. The van der Waals surface area contributed by atoms with Gasteiger partial charge in [0.25, 0.3) is 5.91 Å². The van der Waals surface area contributed by atoms with Crippen molar-refractivity contribution in [3.05, 3.63) is 47.3 Å². The number of carbonyl (C=O) groups excluding carboxylic acids is 1. The highest BCUT2D eigenvalue weighted by atomic mass is 16.5. The normalized spacial score (nSPS) is 14.0. The fraction of sp³-hybridized carbons (Fsp3) is 0.214. The summed E-state index contributed by atoms with van der Waals surface area (Å²) >= 11 is 0. The van der Waals surface area contributed by atoms with E-state index < -0.39 is 5.97 Å². The predicted molar refractivity (Wildman–Crippen MR) is 70.1 cm³/mol. The molecule has 0 atom stereocenters. The van der Waals surface area contributed by atoms with Gasteiger partial charge in [0.1, 0.15) is 12.4 Å². The summed E-state index contributed by atoms with van der Waals surface area (Å²) in [5, 5.41) is 12.3. The molecular formula is C14H12N2O5. The summed E-state index contributed by atoms with van der Waals surface area (Å²) in [6, 6.07) is 8.60. The van der Waals surface area contributed by atoms with Gasteiger partial charge in [0.05, 0.1) is 6.54 Å². The van der Waals surface area contributed by atoms with Crippen molar-refractivity contribution in [2.45, 2.75) is 6.54 Å². The van der Waals surface area contributed by atoms with Crippen LogP contribution < -0.4 is 4.74 Å². The Morgan fingerprint density at radius 2 is 2.10 bits per heavy atom. The Labute approximate surface area is 119 Å². The maximum absolute atomic E-state index is 12.4. The summed E-state index contributed by atoms with van der Waals surface area (Å²) < 4.78 is 10.2. The van der Waals surface area contributed by atoms with Crippen molar-refractivity contribution in [3.63, 3.8) is 0 Å². The van der Waals surface area contributed by atoms with Crippen LogP contribution in [-0.4, -0.2) is 40.2 Å². The van der Waals surface area contributed by atoms with Gasteiger partial charge >= 0.3 is 5.97 Å². The number of aromatic carboxylic acids is 1. The van der Waals surface area contributed by atoms with Gasteiger partial charge in [-0.2, -0.15) is 0 Å². The molecule has 2 heterocycles. The number of ether oxygens (including phenoxy) is 1.